The predicted molar refractivity (Wildman–Crippen MR) is 68.4 cm³/mol. The Kier molecular flexibility index (Phi) is 9.20. The number of phenolic OH excluding ortho intramolecular Hbond substituents is 1. The van der Waals surface area contributed by atoms with Crippen LogP contribution in [0.4, 0.5) is 5.69 Å². The first-order valence-corrected chi connectivity index (χ1v) is 5.39. The quantitative estimate of drug-likeness (QED) is 0.431. The van der Waals surface area contributed by atoms with E-state index in [1.165, 1.54) is 12.1 Å². The fourth-order valence-corrected chi connectivity index (χ4v) is 0.613. The first-order chi connectivity index (χ1) is 7.68. The molecule has 0 heterocycles. The molecule has 0 aliphatic rings. The van der Waals surface area contributed by atoms with Crippen molar-refractivity contribution in [1.29, 1.82) is 5.26 Å². The second-order valence-corrected chi connectivity index (χ2v) is 4.69. The van der Waals surface area contributed by atoms with Crippen molar-refractivity contribution < 1.29 is 41.3 Å². The molecule has 98 valence electrons. The van der Waals surface area contributed by atoms with Crippen molar-refractivity contribution in [2.45, 2.75) is 33.3 Å². The number of aromatic hydroxyl groups is 1. The molecule has 5 heteroatoms. The van der Waals surface area contributed by atoms with Crippen LogP contribution in [0.2, 0.25) is 0 Å². The van der Waals surface area contributed by atoms with E-state index in [4.69, 9.17) is 21.2 Å². The summed E-state index contributed by atoms with van der Waals surface area (Å²) in [6.07, 6.45) is 0. The minimum Gasteiger partial charge on any atom is -0.506 e. The Labute approximate surface area is 132 Å². The van der Waals surface area contributed by atoms with E-state index in [1.807, 2.05) is 33.8 Å². The molecule has 0 aliphatic carbocycles. The molecule has 1 aromatic carbocycles. The molecule has 0 aliphatic heterocycles. The minimum absolute atomic E-state index is 0. The van der Waals surface area contributed by atoms with Gasteiger partial charge in [0, 0.05) is 31.1 Å². The van der Waals surface area contributed by atoms with E-state index >= 15 is 0 Å². The number of anilines is 1. The van der Waals surface area contributed by atoms with Gasteiger partial charge in [0.05, 0.1) is 22.9 Å². The molecule has 4 nitrogen and oxygen atoms in total. The largest absolute Gasteiger partial charge is 0.506 e. The third-order valence-corrected chi connectivity index (χ3v) is 2.57. The molecule has 0 bridgehead atoms. The predicted octanol–water partition coefficient (Wildman–Crippen LogP) is 2.26. The van der Waals surface area contributed by atoms with Gasteiger partial charge >= 0.3 is 0 Å². The zero-order valence-electron chi connectivity index (χ0n) is 11.2. The van der Waals surface area contributed by atoms with Gasteiger partial charge in [-0.2, -0.15) is 5.26 Å². The number of nitriles is 1. The molecule has 0 atom stereocenters. The average Bonchev–Trinajstić information content (AvgIpc) is 2.21. The van der Waals surface area contributed by atoms with Crippen molar-refractivity contribution in [3.8, 4) is 11.8 Å². The topological polar surface area (TPSA) is 90.3 Å². The fourth-order valence-electron chi connectivity index (χ4n) is 0.613. The van der Waals surface area contributed by atoms with Crippen LogP contribution < -0.4 is 5.73 Å². The number of benzene rings is 1. The van der Waals surface area contributed by atoms with Gasteiger partial charge in [-0.05, 0) is 38.0 Å². The molecule has 1 rings (SSSR count). The smallest absolute Gasteiger partial charge is 0.139 e. The van der Waals surface area contributed by atoms with Crippen LogP contribution >= 0.6 is 0 Å². The van der Waals surface area contributed by atoms with E-state index in [2.05, 4.69) is 0 Å². The number of hydrogen-bond donors (Lipinski definition) is 3. The molecule has 0 radical (unpaired) electrons. The van der Waals surface area contributed by atoms with E-state index in [9.17, 15) is 0 Å². The summed E-state index contributed by atoms with van der Waals surface area (Å²) in [6.45, 7) is 7.63. The maximum Gasteiger partial charge on any atom is 0.139 e. The second kappa shape index (κ2) is 8.43. The Hall–Kier alpha value is -0.678. The minimum atomic E-state index is -0.500. The zero-order chi connectivity index (χ0) is 13.6. The third kappa shape index (κ3) is 7.61. The standard InChI is InChI=1S/C7H6N2O.C6H14O.U/c8-4-5-1-2-6(9)7(10)3-5;1-5(2)6(3,4)7;/h1-3,10H,9H2;5,7H,1-4H3;. The number of rotatable bonds is 1. The average molecular weight is 474 g/mol. The Morgan fingerprint density at radius 2 is 1.78 bits per heavy atom. The van der Waals surface area contributed by atoms with Crippen molar-refractivity contribution in [2.24, 2.45) is 5.92 Å². The molecule has 0 amide bonds. The van der Waals surface area contributed by atoms with E-state index in [1.54, 1.807) is 6.07 Å². The van der Waals surface area contributed by atoms with Crippen molar-refractivity contribution in [2.75, 3.05) is 5.73 Å². The van der Waals surface area contributed by atoms with Gasteiger partial charge in [0.25, 0.3) is 0 Å². The van der Waals surface area contributed by atoms with Crippen molar-refractivity contribution in [1.82, 2.24) is 0 Å². The molecular weight excluding hydrogens is 454 g/mol. The van der Waals surface area contributed by atoms with Crippen LogP contribution in [0.5, 0.6) is 5.75 Å². The Bertz CT molecular complexity index is 406. The molecule has 4 N–H and O–H groups in total. The van der Waals surface area contributed by atoms with E-state index in [0.29, 0.717) is 17.2 Å². The van der Waals surface area contributed by atoms with Crippen LogP contribution in [-0.2, 0) is 0 Å². The monoisotopic (exact) mass is 474 g/mol. The van der Waals surface area contributed by atoms with Crippen LogP contribution in [-0.4, -0.2) is 15.8 Å². The number of nitrogens with zero attached hydrogens (tertiary/aromatic N) is 1. The second-order valence-electron chi connectivity index (χ2n) is 4.69. The molecule has 0 aromatic heterocycles. The molecule has 0 saturated carbocycles. The molecule has 0 saturated heterocycles. The summed E-state index contributed by atoms with van der Waals surface area (Å²) in [7, 11) is 0. The van der Waals surface area contributed by atoms with Gasteiger partial charge in [0.15, 0.2) is 0 Å². The summed E-state index contributed by atoms with van der Waals surface area (Å²) in [6, 6.07) is 6.25. The Morgan fingerprint density at radius 3 is 2.06 bits per heavy atom. The maximum atomic E-state index is 9.09. The number of phenols is 1. The normalized spacial score (nSPS) is 9.83. The van der Waals surface area contributed by atoms with Gasteiger partial charge in [-0.1, -0.05) is 13.8 Å². The summed E-state index contributed by atoms with van der Waals surface area (Å²) in [5.41, 5.74) is 5.48. The van der Waals surface area contributed by atoms with Gasteiger partial charge in [0.2, 0.25) is 0 Å². The third-order valence-electron chi connectivity index (χ3n) is 2.57. The molecule has 1 aromatic rings. The van der Waals surface area contributed by atoms with Gasteiger partial charge in [-0.3, -0.25) is 0 Å². The summed E-state index contributed by atoms with van der Waals surface area (Å²) in [5, 5.41) is 26.4. The van der Waals surface area contributed by atoms with Crippen molar-refractivity contribution >= 4 is 5.69 Å². The van der Waals surface area contributed by atoms with Crippen molar-refractivity contribution in [3.05, 3.63) is 23.8 Å². The number of nitrogens with two attached hydrogens (primary N) is 1. The van der Waals surface area contributed by atoms with Crippen LogP contribution in [0, 0.1) is 48.4 Å². The Balaban J connectivity index is 0. The van der Waals surface area contributed by atoms with Crippen molar-refractivity contribution in [3.63, 3.8) is 0 Å². The SMILES string of the molecule is CC(C)C(C)(C)O.N#Cc1ccc(N)c(O)c1.[U]. The number of hydrogen-bond acceptors (Lipinski definition) is 4. The van der Waals surface area contributed by atoms with Crippen LogP contribution in [0.15, 0.2) is 18.2 Å². The molecule has 0 spiro atoms. The summed E-state index contributed by atoms with van der Waals surface area (Å²) in [5.74, 6) is 0.312. The van der Waals surface area contributed by atoms with Gasteiger partial charge in [-0.25, -0.2) is 0 Å². The van der Waals surface area contributed by atoms with Gasteiger partial charge in [0.1, 0.15) is 5.75 Å². The Morgan fingerprint density at radius 1 is 1.33 bits per heavy atom. The van der Waals surface area contributed by atoms with Crippen LogP contribution in [0.25, 0.3) is 0 Å². The van der Waals surface area contributed by atoms with Gasteiger partial charge < -0.3 is 15.9 Å². The van der Waals surface area contributed by atoms with E-state index in [0.717, 1.165) is 0 Å². The first kappa shape index (κ1) is 19.7. The number of aliphatic hydroxyl groups is 1. The summed E-state index contributed by atoms with van der Waals surface area (Å²) in [4.78, 5) is 0. The van der Waals surface area contributed by atoms with Gasteiger partial charge in [-0.15, -0.1) is 0 Å². The molecule has 0 unspecified atom stereocenters. The summed E-state index contributed by atoms with van der Waals surface area (Å²) >= 11 is 0. The molecule has 0 fully saturated rings. The molecule has 18 heavy (non-hydrogen) atoms. The van der Waals surface area contributed by atoms with E-state index < -0.39 is 5.60 Å². The first-order valence-electron chi connectivity index (χ1n) is 5.39. The molecular formula is C13H20N2O2U. The van der Waals surface area contributed by atoms with E-state index in [-0.39, 0.29) is 36.9 Å². The summed E-state index contributed by atoms with van der Waals surface area (Å²) < 4.78 is 0. The zero-order valence-corrected chi connectivity index (χ0v) is 15.4. The number of nitrogen functional groups attached to an aromatic ring is 1. The maximum absolute atomic E-state index is 9.09. The van der Waals surface area contributed by atoms with Crippen LogP contribution in [0.1, 0.15) is 33.3 Å². The van der Waals surface area contributed by atoms with Crippen LogP contribution in [0.3, 0.4) is 0 Å². The fraction of sp³-hybridized carbons (Fsp3) is 0.462.